The Morgan fingerprint density at radius 1 is 1.09 bits per heavy atom. The third kappa shape index (κ3) is 2.86. The van der Waals surface area contributed by atoms with E-state index >= 15 is 0 Å². The Labute approximate surface area is 149 Å². The van der Waals surface area contributed by atoms with Gasteiger partial charge in [-0.3, -0.25) is 0 Å². The van der Waals surface area contributed by atoms with Gasteiger partial charge >= 0.3 is 0 Å². The topological polar surface area (TPSA) is 51.7 Å². The van der Waals surface area contributed by atoms with E-state index in [0.717, 1.165) is 37.0 Å². The molecule has 0 spiro atoms. The van der Waals surface area contributed by atoms with Crippen molar-refractivity contribution in [2.45, 2.75) is 62.2 Å². The van der Waals surface area contributed by atoms with Crippen molar-refractivity contribution in [1.82, 2.24) is 0 Å². The average molecular weight is 355 g/mol. The molecule has 4 heteroatoms. The lowest BCUT2D eigenvalue weighted by molar-refractivity contribution is -0.0188. The molecule has 0 aromatic heterocycles. The largest absolute Gasteiger partial charge is 0.412 e. The van der Waals surface area contributed by atoms with Gasteiger partial charge in [0.1, 0.15) is 5.60 Å². The third-order valence-electron chi connectivity index (χ3n) is 7.10. The molecule has 0 heterocycles. The standard InChI is InChI=1S/C19H25ClOS.H2O/c20-10-9-19(21)8-7-17-16-3-1-12-11-13(22)2-4-14(12)15(16)5-6-18(17)19;/h11,13-18,21-22H,1-8H2;1H2/t13?,14-,15+,16+,17-,18-,19+;/m0./s1. The molecule has 0 saturated heterocycles. The van der Waals surface area contributed by atoms with Crippen LogP contribution in [0.5, 0.6) is 0 Å². The molecular weight excluding hydrogens is 328 g/mol. The molecule has 7 atom stereocenters. The third-order valence-corrected chi connectivity index (χ3v) is 7.60. The van der Waals surface area contributed by atoms with E-state index in [1.807, 2.05) is 0 Å². The molecule has 0 aromatic carbocycles. The maximum atomic E-state index is 10.9. The van der Waals surface area contributed by atoms with Gasteiger partial charge in [-0.25, -0.2) is 0 Å². The Balaban J connectivity index is 0.00000156. The number of halogens is 1. The van der Waals surface area contributed by atoms with E-state index in [9.17, 15) is 5.11 Å². The highest BCUT2D eigenvalue weighted by molar-refractivity contribution is 7.81. The molecule has 3 fully saturated rings. The molecule has 0 amide bonds. The van der Waals surface area contributed by atoms with Crippen molar-refractivity contribution < 1.29 is 10.6 Å². The number of rotatable bonds is 0. The fraction of sp³-hybridized carbons (Fsp3) is 0.789. The van der Waals surface area contributed by atoms with Crippen LogP contribution in [0.25, 0.3) is 0 Å². The number of hydrogen-bond acceptors (Lipinski definition) is 2. The smallest absolute Gasteiger partial charge is 0.129 e. The summed E-state index contributed by atoms with van der Waals surface area (Å²) in [6.45, 7) is 0. The molecule has 3 saturated carbocycles. The zero-order chi connectivity index (χ0) is 15.3. The molecule has 2 nitrogen and oxygen atoms in total. The van der Waals surface area contributed by atoms with E-state index in [-0.39, 0.29) is 5.48 Å². The van der Waals surface area contributed by atoms with Crippen LogP contribution in [0, 0.1) is 40.9 Å². The van der Waals surface area contributed by atoms with Crippen LogP contribution in [0.4, 0.5) is 0 Å². The lowest BCUT2D eigenvalue weighted by Crippen LogP contribution is -2.45. The minimum absolute atomic E-state index is 0. The quantitative estimate of drug-likeness (QED) is 0.390. The van der Waals surface area contributed by atoms with Gasteiger partial charge in [0, 0.05) is 16.5 Å². The van der Waals surface area contributed by atoms with Crippen molar-refractivity contribution in [2.24, 2.45) is 29.6 Å². The molecule has 0 aromatic rings. The first-order valence-electron chi connectivity index (χ1n) is 8.86. The van der Waals surface area contributed by atoms with E-state index < -0.39 is 5.60 Å². The summed E-state index contributed by atoms with van der Waals surface area (Å²) < 4.78 is 0. The van der Waals surface area contributed by atoms with Crippen molar-refractivity contribution in [3.8, 4) is 11.3 Å². The summed E-state index contributed by atoms with van der Waals surface area (Å²) in [6, 6.07) is 0. The van der Waals surface area contributed by atoms with Crippen LogP contribution < -0.4 is 0 Å². The second-order valence-corrected chi connectivity index (χ2v) is 8.74. The highest BCUT2D eigenvalue weighted by Crippen LogP contribution is 2.59. The highest BCUT2D eigenvalue weighted by Gasteiger charge is 2.55. The van der Waals surface area contributed by atoms with Gasteiger partial charge in [-0.05, 0) is 86.6 Å². The minimum Gasteiger partial charge on any atom is -0.412 e. The summed E-state index contributed by atoms with van der Waals surface area (Å²) in [5, 5.41) is 13.8. The SMILES string of the molecule is O.O[C@@]1(C#CCl)CC[C@H]2[C@@H]3CCC4=CC(S)CC[C@@H]4[C@H]3CC[C@@H]21. The van der Waals surface area contributed by atoms with Crippen molar-refractivity contribution >= 4 is 24.2 Å². The minimum atomic E-state index is -0.809. The number of thiol groups is 1. The second-order valence-electron chi connectivity index (χ2n) is 7.89. The van der Waals surface area contributed by atoms with Gasteiger partial charge in [0.15, 0.2) is 0 Å². The van der Waals surface area contributed by atoms with Crippen LogP contribution in [0.3, 0.4) is 0 Å². The highest BCUT2D eigenvalue weighted by atomic mass is 35.5. The van der Waals surface area contributed by atoms with Crippen LogP contribution in [0.2, 0.25) is 0 Å². The van der Waals surface area contributed by atoms with Crippen molar-refractivity contribution in [1.29, 1.82) is 0 Å². The maximum Gasteiger partial charge on any atom is 0.129 e. The van der Waals surface area contributed by atoms with E-state index in [4.69, 9.17) is 11.6 Å². The van der Waals surface area contributed by atoms with Gasteiger partial charge in [0.2, 0.25) is 0 Å². The Bertz CT molecular complexity index is 551. The molecule has 23 heavy (non-hydrogen) atoms. The predicted molar refractivity (Wildman–Crippen MR) is 97.4 cm³/mol. The van der Waals surface area contributed by atoms with E-state index in [1.54, 1.807) is 5.57 Å². The number of fused-ring (bicyclic) bond motifs is 5. The van der Waals surface area contributed by atoms with Crippen molar-refractivity contribution in [2.75, 3.05) is 0 Å². The molecule has 4 rings (SSSR count). The van der Waals surface area contributed by atoms with Gasteiger partial charge in [-0.1, -0.05) is 17.6 Å². The van der Waals surface area contributed by atoms with Crippen LogP contribution in [0.15, 0.2) is 11.6 Å². The van der Waals surface area contributed by atoms with Crippen LogP contribution in [-0.2, 0) is 0 Å². The van der Waals surface area contributed by atoms with Crippen LogP contribution in [-0.4, -0.2) is 21.4 Å². The summed E-state index contributed by atoms with van der Waals surface area (Å²) in [6.07, 6.45) is 11.9. The van der Waals surface area contributed by atoms with E-state index in [0.29, 0.717) is 17.1 Å². The normalized spacial score (nSPS) is 47.9. The summed E-state index contributed by atoms with van der Waals surface area (Å²) in [4.78, 5) is 0. The first-order valence-corrected chi connectivity index (χ1v) is 9.75. The molecule has 1 unspecified atom stereocenters. The van der Waals surface area contributed by atoms with Crippen LogP contribution in [0.1, 0.15) is 51.4 Å². The van der Waals surface area contributed by atoms with Gasteiger partial charge in [-0.15, -0.1) is 0 Å². The van der Waals surface area contributed by atoms with Crippen molar-refractivity contribution in [3.05, 3.63) is 11.6 Å². The number of hydrogen-bond donors (Lipinski definition) is 2. The van der Waals surface area contributed by atoms with Gasteiger partial charge < -0.3 is 10.6 Å². The van der Waals surface area contributed by atoms with Gasteiger partial charge in [0.25, 0.3) is 0 Å². The summed E-state index contributed by atoms with van der Waals surface area (Å²) >= 11 is 10.3. The summed E-state index contributed by atoms with van der Waals surface area (Å²) in [5.41, 5.74) is 0.885. The maximum absolute atomic E-state index is 10.9. The number of aliphatic hydroxyl groups is 1. The average Bonchev–Trinajstić information content (AvgIpc) is 2.84. The molecular formula is C19H27ClO2S. The van der Waals surface area contributed by atoms with Crippen molar-refractivity contribution in [3.63, 3.8) is 0 Å². The monoisotopic (exact) mass is 354 g/mol. The predicted octanol–water partition coefficient (Wildman–Crippen LogP) is 3.57. The molecule has 0 bridgehead atoms. The van der Waals surface area contributed by atoms with Crippen LogP contribution >= 0.6 is 24.2 Å². The Morgan fingerprint density at radius 2 is 1.91 bits per heavy atom. The lowest BCUT2D eigenvalue weighted by atomic mass is 9.55. The summed E-state index contributed by atoms with van der Waals surface area (Å²) in [7, 11) is 0. The zero-order valence-corrected chi connectivity index (χ0v) is 15.1. The molecule has 3 N–H and O–H groups in total. The summed E-state index contributed by atoms with van der Waals surface area (Å²) in [5.74, 6) is 6.38. The lowest BCUT2D eigenvalue weighted by Gasteiger charge is -2.50. The number of allylic oxidation sites excluding steroid dienone is 1. The first kappa shape index (κ1) is 17.7. The molecule has 0 radical (unpaired) electrons. The second kappa shape index (κ2) is 6.64. The van der Waals surface area contributed by atoms with E-state index in [2.05, 4.69) is 30.0 Å². The Kier molecular flexibility index (Phi) is 5.10. The molecule has 4 aliphatic rings. The fourth-order valence-electron chi connectivity index (χ4n) is 6.24. The molecule has 0 aliphatic heterocycles. The van der Waals surface area contributed by atoms with E-state index in [1.165, 1.54) is 32.1 Å². The van der Waals surface area contributed by atoms with Gasteiger partial charge in [0.05, 0.1) is 0 Å². The molecule has 4 aliphatic carbocycles. The first-order chi connectivity index (χ1) is 10.6. The fourth-order valence-corrected chi connectivity index (χ4v) is 6.75. The Hall–Kier alpha value is -0.140. The van der Waals surface area contributed by atoms with Gasteiger partial charge in [-0.2, -0.15) is 12.6 Å². The molecule has 128 valence electrons. The Morgan fingerprint density at radius 3 is 2.70 bits per heavy atom. The zero-order valence-electron chi connectivity index (χ0n) is 13.5.